The predicted octanol–water partition coefficient (Wildman–Crippen LogP) is 3.74. The van der Waals surface area contributed by atoms with Crippen molar-refractivity contribution < 1.29 is 0 Å². The highest BCUT2D eigenvalue weighted by atomic mass is 79.9. The molecule has 0 unspecified atom stereocenters. The topological polar surface area (TPSA) is 12.9 Å². The molecule has 0 radical (unpaired) electrons. The highest BCUT2D eigenvalue weighted by molar-refractivity contribution is 9.10. The molecule has 0 aromatic carbocycles. The lowest BCUT2D eigenvalue weighted by molar-refractivity contribution is 1.18. The van der Waals surface area contributed by atoms with Crippen LogP contribution in [0.2, 0.25) is 0 Å². The first-order valence-electron chi connectivity index (χ1n) is 4.13. The van der Waals surface area contributed by atoms with E-state index < -0.39 is 0 Å². The summed E-state index contributed by atoms with van der Waals surface area (Å²) in [5.41, 5.74) is 2.19. The number of aromatic nitrogens is 1. The van der Waals surface area contributed by atoms with Crippen molar-refractivity contribution in [3.05, 3.63) is 46.7 Å². The predicted molar refractivity (Wildman–Crippen MR) is 60.5 cm³/mol. The van der Waals surface area contributed by atoms with Crippen molar-refractivity contribution in [1.29, 1.82) is 0 Å². The molecule has 0 aliphatic heterocycles. The maximum Gasteiger partial charge on any atom is 0.0445 e. The second-order valence-corrected chi connectivity index (χ2v) is 3.67. The number of aryl methyl sites for hydroxylation is 1. The fraction of sp³-hybridized carbons (Fsp3) is 0.182. The monoisotopic (exact) mass is 237 g/mol. The average Bonchev–Trinajstić information content (AvgIpc) is 2.11. The van der Waals surface area contributed by atoms with Crippen LogP contribution in [0.5, 0.6) is 0 Å². The largest absolute Gasteiger partial charge is 0.260 e. The molecule has 1 nitrogen and oxygen atoms in total. The van der Waals surface area contributed by atoms with Gasteiger partial charge in [0.1, 0.15) is 0 Å². The van der Waals surface area contributed by atoms with E-state index in [4.69, 9.17) is 0 Å². The molecule has 0 atom stereocenters. The number of hydrogen-bond acceptors (Lipinski definition) is 1. The zero-order valence-electron chi connectivity index (χ0n) is 7.63. The maximum absolute atomic E-state index is 4.23. The number of hydrogen-bond donors (Lipinski definition) is 0. The van der Waals surface area contributed by atoms with Gasteiger partial charge in [-0.05, 0) is 40.9 Å². The molecule has 68 valence electrons. The lowest BCUT2D eigenvalue weighted by Gasteiger charge is -1.98. The molecule has 1 aromatic rings. The summed E-state index contributed by atoms with van der Waals surface area (Å²) >= 11 is 3.39. The summed E-state index contributed by atoms with van der Waals surface area (Å²) in [6.45, 7) is 5.66. The molecular formula is C11H12BrN. The van der Waals surface area contributed by atoms with E-state index in [1.165, 1.54) is 0 Å². The maximum atomic E-state index is 4.23. The summed E-state index contributed by atoms with van der Waals surface area (Å²) in [5, 5.41) is 0. The zero-order valence-corrected chi connectivity index (χ0v) is 9.21. The molecule has 13 heavy (non-hydrogen) atoms. The van der Waals surface area contributed by atoms with Crippen molar-refractivity contribution in [2.75, 3.05) is 0 Å². The summed E-state index contributed by atoms with van der Waals surface area (Å²) in [6, 6.07) is 2.06. The van der Waals surface area contributed by atoms with Crippen molar-refractivity contribution >= 4 is 22.0 Å². The van der Waals surface area contributed by atoms with Gasteiger partial charge in [-0.15, -0.1) is 6.58 Å². The van der Waals surface area contributed by atoms with E-state index in [1.807, 2.05) is 13.0 Å². The van der Waals surface area contributed by atoms with Crippen LogP contribution in [0.15, 0.2) is 35.5 Å². The lowest BCUT2D eigenvalue weighted by Crippen LogP contribution is -1.85. The van der Waals surface area contributed by atoms with E-state index in [2.05, 4.69) is 45.7 Å². The third-order valence-electron chi connectivity index (χ3n) is 1.69. The van der Waals surface area contributed by atoms with E-state index in [9.17, 15) is 0 Å². The Morgan fingerprint density at radius 2 is 2.38 bits per heavy atom. The van der Waals surface area contributed by atoms with Crippen molar-refractivity contribution in [3.8, 4) is 0 Å². The van der Waals surface area contributed by atoms with E-state index in [1.54, 1.807) is 6.20 Å². The van der Waals surface area contributed by atoms with Crippen molar-refractivity contribution in [2.24, 2.45) is 0 Å². The highest BCUT2D eigenvalue weighted by Gasteiger charge is 1.95. The quantitative estimate of drug-likeness (QED) is 0.731. The lowest BCUT2D eigenvalue weighted by atomic mass is 10.2. The Morgan fingerprint density at radius 3 is 3.08 bits per heavy atom. The number of halogens is 1. The Morgan fingerprint density at radius 1 is 1.62 bits per heavy atom. The molecule has 0 aliphatic carbocycles. The Labute approximate surface area is 87.3 Å². The molecule has 1 aromatic heterocycles. The molecule has 0 aliphatic rings. The SMILES string of the molecule is C=CC/C=C/c1cc(Br)cnc1C. The first-order valence-corrected chi connectivity index (χ1v) is 4.93. The van der Waals surface area contributed by atoms with Gasteiger partial charge >= 0.3 is 0 Å². The summed E-state index contributed by atoms with van der Waals surface area (Å²) in [6.07, 6.45) is 8.71. The minimum absolute atomic E-state index is 0.895. The van der Waals surface area contributed by atoms with Crippen molar-refractivity contribution in [2.45, 2.75) is 13.3 Å². The van der Waals surface area contributed by atoms with Gasteiger partial charge in [0.15, 0.2) is 0 Å². The average molecular weight is 238 g/mol. The molecule has 0 spiro atoms. The fourth-order valence-electron chi connectivity index (χ4n) is 0.983. The highest BCUT2D eigenvalue weighted by Crippen LogP contribution is 2.14. The van der Waals surface area contributed by atoms with Gasteiger partial charge in [0, 0.05) is 16.4 Å². The molecule has 1 heterocycles. The van der Waals surface area contributed by atoms with Crippen molar-refractivity contribution in [3.63, 3.8) is 0 Å². The van der Waals surface area contributed by atoms with Gasteiger partial charge in [-0.2, -0.15) is 0 Å². The molecule has 0 saturated heterocycles. The molecule has 1 rings (SSSR count). The van der Waals surface area contributed by atoms with Crippen LogP contribution in [0.3, 0.4) is 0 Å². The first kappa shape index (κ1) is 10.2. The van der Waals surface area contributed by atoms with Crippen LogP contribution >= 0.6 is 15.9 Å². The minimum atomic E-state index is 0.895. The molecular weight excluding hydrogens is 226 g/mol. The molecule has 0 N–H and O–H groups in total. The van der Waals surface area contributed by atoms with Crippen LogP contribution in [-0.4, -0.2) is 4.98 Å². The van der Waals surface area contributed by atoms with Gasteiger partial charge in [-0.25, -0.2) is 0 Å². The number of nitrogens with zero attached hydrogens (tertiary/aromatic N) is 1. The third kappa shape index (κ3) is 3.15. The van der Waals surface area contributed by atoms with Gasteiger partial charge in [0.25, 0.3) is 0 Å². The van der Waals surface area contributed by atoms with Gasteiger partial charge in [-0.1, -0.05) is 18.2 Å². The van der Waals surface area contributed by atoms with Crippen LogP contribution in [0.25, 0.3) is 6.08 Å². The Balaban J connectivity index is 2.86. The minimum Gasteiger partial charge on any atom is -0.260 e. The van der Waals surface area contributed by atoms with Gasteiger partial charge < -0.3 is 0 Å². The summed E-state index contributed by atoms with van der Waals surface area (Å²) in [5.74, 6) is 0. The third-order valence-corrected chi connectivity index (χ3v) is 2.13. The summed E-state index contributed by atoms with van der Waals surface area (Å²) in [4.78, 5) is 4.23. The van der Waals surface area contributed by atoms with E-state index in [-0.39, 0.29) is 0 Å². The second-order valence-electron chi connectivity index (χ2n) is 2.75. The smallest absolute Gasteiger partial charge is 0.0445 e. The van der Waals surface area contributed by atoms with Crippen LogP contribution in [-0.2, 0) is 0 Å². The van der Waals surface area contributed by atoms with Crippen LogP contribution < -0.4 is 0 Å². The van der Waals surface area contributed by atoms with Crippen LogP contribution in [0.4, 0.5) is 0 Å². The van der Waals surface area contributed by atoms with Crippen LogP contribution in [0, 0.1) is 6.92 Å². The number of pyridine rings is 1. The van der Waals surface area contributed by atoms with Gasteiger partial charge in [-0.3, -0.25) is 4.98 Å². The van der Waals surface area contributed by atoms with Gasteiger partial charge in [0.05, 0.1) is 0 Å². The van der Waals surface area contributed by atoms with Gasteiger partial charge in [0.2, 0.25) is 0 Å². The van der Waals surface area contributed by atoms with E-state index in [0.717, 1.165) is 22.2 Å². The number of rotatable bonds is 3. The second kappa shape index (κ2) is 4.97. The van der Waals surface area contributed by atoms with E-state index >= 15 is 0 Å². The number of allylic oxidation sites excluding steroid dienone is 2. The Bertz CT molecular complexity index is 329. The fourth-order valence-corrected chi connectivity index (χ4v) is 1.33. The molecule has 0 fully saturated rings. The first-order chi connectivity index (χ1) is 6.24. The molecule has 2 heteroatoms. The summed E-state index contributed by atoms with van der Waals surface area (Å²) in [7, 11) is 0. The Kier molecular flexibility index (Phi) is 3.90. The Hall–Kier alpha value is -0.890. The standard InChI is InChI=1S/C11H12BrN/c1-3-4-5-6-10-7-11(12)8-13-9(10)2/h3,5-8H,1,4H2,2H3/b6-5+. The molecule has 0 amide bonds. The van der Waals surface area contributed by atoms with Crippen molar-refractivity contribution in [1.82, 2.24) is 4.98 Å². The van der Waals surface area contributed by atoms with E-state index in [0.29, 0.717) is 0 Å². The molecule has 0 bridgehead atoms. The normalized spacial score (nSPS) is 10.6. The zero-order chi connectivity index (χ0) is 9.68. The summed E-state index contributed by atoms with van der Waals surface area (Å²) < 4.78 is 1.01. The van der Waals surface area contributed by atoms with Crippen LogP contribution in [0.1, 0.15) is 17.7 Å². The molecule has 0 saturated carbocycles.